The number of hydrogen-bond acceptors (Lipinski definition) is 2. The molecule has 0 aromatic heterocycles. The molecule has 0 aromatic rings. The van der Waals surface area contributed by atoms with E-state index in [1.54, 1.807) is 12.2 Å². The molecule has 2 nitrogen and oxygen atoms in total. The highest BCUT2D eigenvalue weighted by Crippen LogP contribution is 2.44. The van der Waals surface area contributed by atoms with E-state index < -0.39 is 10.8 Å². The first-order valence-electron chi connectivity index (χ1n) is 5.66. The van der Waals surface area contributed by atoms with Crippen LogP contribution >= 0.6 is 0 Å². The highest BCUT2D eigenvalue weighted by molar-refractivity contribution is 6.00. The predicted molar refractivity (Wildman–Crippen MR) is 65.1 cm³/mol. The van der Waals surface area contributed by atoms with Gasteiger partial charge in [0.15, 0.2) is 0 Å². The van der Waals surface area contributed by atoms with E-state index in [0.717, 1.165) is 0 Å². The molecule has 0 aromatic carbocycles. The maximum atomic E-state index is 12.1. The van der Waals surface area contributed by atoms with Crippen LogP contribution in [0.4, 0.5) is 0 Å². The molecule has 0 spiro atoms. The smallest absolute Gasteiger partial charge is 0.140 e. The molecule has 2 heteroatoms. The Kier molecular flexibility index (Phi) is 3.51. The second-order valence-electron chi connectivity index (χ2n) is 5.31. The summed E-state index contributed by atoms with van der Waals surface area (Å²) in [7, 11) is 0. The zero-order chi connectivity index (χ0) is 12.4. The molecule has 0 unspecified atom stereocenters. The first kappa shape index (κ1) is 12.9. The van der Waals surface area contributed by atoms with Crippen molar-refractivity contribution in [3.63, 3.8) is 0 Å². The number of allylic oxidation sites excluding steroid dienone is 2. The number of carbonyl (C=O) groups is 2. The lowest BCUT2D eigenvalue weighted by Crippen LogP contribution is -2.45. The van der Waals surface area contributed by atoms with Crippen LogP contribution in [-0.4, -0.2) is 11.6 Å². The summed E-state index contributed by atoms with van der Waals surface area (Å²) in [6.45, 7) is 11.0. The number of hydrogen-bond donors (Lipinski definition) is 0. The number of Topliss-reactive ketones (excluding diaryl/α,β-unsaturated/α-hetero) is 2. The van der Waals surface area contributed by atoms with Crippen molar-refractivity contribution >= 4 is 11.6 Å². The Labute approximate surface area is 97.4 Å². The second kappa shape index (κ2) is 4.36. The van der Waals surface area contributed by atoms with Gasteiger partial charge >= 0.3 is 0 Å². The van der Waals surface area contributed by atoms with E-state index in [1.165, 1.54) is 0 Å². The first-order chi connectivity index (χ1) is 7.38. The van der Waals surface area contributed by atoms with Crippen molar-refractivity contribution in [2.75, 3.05) is 0 Å². The van der Waals surface area contributed by atoms with Gasteiger partial charge in [-0.15, -0.1) is 13.2 Å². The molecule has 0 saturated heterocycles. The van der Waals surface area contributed by atoms with Gasteiger partial charge in [0.25, 0.3) is 0 Å². The van der Waals surface area contributed by atoms with Crippen LogP contribution in [-0.2, 0) is 9.59 Å². The van der Waals surface area contributed by atoms with E-state index in [4.69, 9.17) is 0 Å². The summed E-state index contributed by atoms with van der Waals surface area (Å²) in [5, 5.41) is 0. The molecule has 88 valence electrons. The maximum Gasteiger partial charge on any atom is 0.140 e. The van der Waals surface area contributed by atoms with Crippen LogP contribution in [0, 0.1) is 10.8 Å². The molecular formula is C14H20O2. The SMILES string of the molecule is C=CC[C@]1(C)CC(=O)[C@](C)(CC=C)CC1=O. The molecule has 0 bridgehead atoms. The summed E-state index contributed by atoms with van der Waals surface area (Å²) in [6.07, 6.45) is 5.29. The lowest BCUT2D eigenvalue weighted by molar-refractivity contribution is -0.147. The lowest BCUT2D eigenvalue weighted by atomic mass is 9.61. The third kappa shape index (κ3) is 2.16. The summed E-state index contributed by atoms with van der Waals surface area (Å²) in [6, 6.07) is 0. The van der Waals surface area contributed by atoms with Gasteiger partial charge in [0.05, 0.1) is 0 Å². The Morgan fingerprint density at radius 1 is 1.00 bits per heavy atom. The van der Waals surface area contributed by atoms with Gasteiger partial charge in [-0.2, -0.15) is 0 Å². The summed E-state index contributed by atoms with van der Waals surface area (Å²) >= 11 is 0. The fourth-order valence-corrected chi connectivity index (χ4v) is 2.34. The van der Waals surface area contributed by atoms with Crippen molar-refractivity contribution in [3.05, 3.63) is 25.3 Å². The predicted octanol–water partition coefficient (Wildman–Crippen LogP) is 3.08. The van der Waals surface area contributed by atoms with Gasteiger partial charge < -0.3 is 0 Å². The fraction of sp³-hybridized carbons (Fsp3) is 0.571. The Balaban J connectivity index is 2.94. The topological polar surface area (TPSA) is 34.1 Å². The van der Waals surface area contributed by atoms with Crippen LogP contribution in [0.25, 0.3) is 0 Å². The number of rotatable bonds is 4. The van der Waals surface area contributed by atoms with Gasteiger partial charge in [-0.05, 0) is 12.8 Å². The minimum atomic E-state index is -0.528. The van der Waals surface area contributed by atoms with E-state index in [-0.39, 0.29) is 11.6 Å². The molecule has 1 aliphatic carbocycles. The van der Waals surface area contributed by atoms with Crippen molar-refractivity contribution < 1.29 is 9.59 Å². The quantitative estimate of drug-likeness (QED) is 0.682. The van der Waals surface area contributed by atoms with Crippen LogP contribution in [0.1, 0.15) is 39.5 Å². The summed E-state index contributed by atoms with van der Waals surface area (Å²) < 4.78 is 0. The average molecular weight is 220 g/mol. The minimum absolute atomic E-state index is 0.177. The largest absolute Gasteiger partial charge is 0.299 e. The highest BCUT2D eigenvalue weighted by atomic mass is 16.1. The molecule has 1 fully saturated rings. The summed E-state index contributed by atoms with van der Waals surface area (Å²) in [4.78, 5) is 24.2. The molecule has 0 amide bonds. The van der Waals surface area contributed by atoms with E-state index in [2.05, 4.69) is 13.2 Å². The van der Waals surface area contributed by atoms with Crippen molar-refractivity contribution in [1.29, 1.82) is 0 Å². The molecule has 16 heavy (non-hydrogen) atoms. The second-order valence-corrected chi connectivity index (χ2v) is 5.31. The van der Waals surface area contributed by atoms with Crippen molar-refractivity contribution in [2.24, 2.45) is 10.8 Å². The molecule has 1 aliphatic rings. The third-order valence-electron chi connectivity index (χ3n) is 3.64. The van der Waals surface area contributed by atoms with E-state index in [0.29, 0.717) is 25.7 Å². The Bertz CT molecular complexity index is 309. The average Bonchev–Trinajstić information content (AvgIpc) is 2.16. The summed E-state index contributed by atoms with van der Waals surface area (Å²) in [5.41, 5.74) is -1.06. The Morgan fingerprint density at radius 3 is 1.56 bits per heavy atom. The number of carbonyl (C=O) groups excluding carboxylic acids is 2. The molecule has 0 radical (unpaired) electrons. The van der Waals surface area contributed by atoms with Crippen LogP contribution in [0.3, 0.4) is 0 Å². The van der Waals surface area contributed by atoms with E-state index >= 15 is 0 Å². The molecule has 0 aliphatic heterocycles. The van der Waals surface area contributed by atoms with Gasteiger partial charge in [-0.1, -0.05) is 26.0 Å². The zero-order valence-electron chi connectivity index (χ0n) is 10.2. The Morgan fingerprint density at radius 2 is 1.31 bits per heavy atom. The van der Waals surface area contributed by atoms with Gasteiger partial charge in [-0.3, -0.25) is 9.59 Å². The van der Waals surface area contributed by atoms with Crippen LogP contribution in [0.2, 0.25) is 0 Å². The zero-order valence-corrected chi connectivity index (χ0v) is 10.2. The standard InChI is InChI=1S/C14H20O2/c1-5-7-13(3)9-12(16)14(4,8-6-2)10-11(13)15/h5-6H,1-2,7-10H2,3-4H3/t13-,14-/m1/s1. The van der Waals surface area contributed by atoms with Gasteiger partial charge in [0, 0.05) is 23.7 Å². The molecule has 1 saturated carbocycles. The van der Waals surface area contributed by atoms with Crippen LogP contribution < -0.4 is 0 Å². The van der Waals surface area contributed by atoms with Gasteiger partial charge in [-0.25, -0.2) is 0 Å². The van der Waals surface area contributed by atoms with Gasteiger partial charge in [0.2, 0.25) is 0 Å². The molecule has 0 N–H and O–H groups in total. The third-order valence-corrected chi connectivity index (χ3v) is 3.64. The Hall–Kier alpha value is -1.18. The normalized spacial score (nSPS) is 34.9. The van der Waals surface area contributed by atoms with Gasteiger partial charge in [0.1, 0.15) is 11.6 Å². The monoisotopic (exact) mass is 220 g/mol. The number of ketones is 2. The van der Waals surface area contributed by atoms with Crippen molar-refractivity contribution in [3.8, 4) is 0 Å². The maximum absolute atomic E-state index is 12.1. The molecule has 1 rings (SSSR count). The first-order valence-corrected chi connectivity index (χ1v) is 5.66. The lowest BCUT2D eigenvalue weighted by Gasteiger charge is -2.39. The molecule has 2 atom stereocenters. The van der Waals surface area contributed by atoms with Crippen molar-refractivity contribution in [2.45, 2.75) is 39.5 Å². The van der Waals surface area contributed by atoms with Crippen molar-refractivity contribution in [1.82, 2.24) is 0 Å². The van der Waals surface area contributed by atoms with E-state index in [1.807, 2.05) is 13.8 Å². The summed E-state index contributed by atoms with van der Waals surface area (Å²) in [5.74, 6) is 0.354. The van der Waals surface area contributed by atoms with Crippen LogP contribution in [0.15, 0.2) is 25.3 Å². The highest BCUT2D eigenvalue weighted by Gasteiger charge is 2.48. The van der Waals surface area contributed by atoms with Crippen LogP contribution in [0.5, 0.6) is 0 Å². The fourth-order valence-electron chi connectivity index (χ4n) is 2.34. The molecule has 0 heterocycles. The van der Waals surface area contributed by atoms with E-state index in [9.17, 15) is 9.59 Å². The minimum Gasteiger partial charge on any atom is -0.299 e. The molecular weight excluding hydrogens is 200 g/mol.